The second-order valence-electron chi connectivity index (χ2n) is 10.9. The Balaban J connectivity index is 1.38. The number of hydrogen-bond acceptors (Lipinski definition) is 8. The number of aryl methyl sites for hydroxylation is 1. The van der Waals surface area contributed by atoms with Gasteiger partial charge in [0.05, 0.1) is 17.9 Å². The fourth-order valence-corrected chi connectivity index (χ4v) is 6.53. The summed E-state index contributed by atoms with van der Waals surface area (Å²) in [6.07, 6.45) is -2.59. The number of amides is 1. The zero-order chi connectivity index (χ0) is 28.7. The summed E-state index contributed by atoms with van der Waals surface area (Å²) in [6, 6.07) is 6.87. The summed E-state index contributed by atoms with van der Waals surface area (Å²) in [5, 5.41) is 11.9. The smallest absolute Gasteiger partial charge is 0.258 e. The number of aliphatic hydroxyl groups excluding tert-OH is 1. The third kappa shape index (κ3) is 5.67. The summed E-state index contributed by atoms with van der Waals surface area (Å²) in [4.78, 5) is 26.1. The summed E-state index contributed by atoms with van der Waals surface area (Å²) in [5.74, 6) is -2.35. The lowest BCUT2D eigenvalue weighted by molar-refractivity contribution is -0.0222. The maximum absolute atomic E-state index is 13.9. The van der Waals surface area contributed by atoms with Crippen LogP contribution >= 0.6 is 11.9 Å². The lowest BCUT2D eigenvalue weighted by Crippen LogP contribution is -2.40. The standard InChI is InChI=1S/C27H34F4N6O2S/c1-16-13-22(34-25(32-16)36-8-5-26(30,31)6-9-36)33-23(39)19-4-3-18(35-40-12-11-38)14-21(19)37-10-7-27(24(28)29)17(2)20(27)15-37/h3-4,13-14,17,20,24,35,38H,5-12,15H2,1-2H3,(H,32,33,34,39). The summed E-state index contributed by atoms with van der Waals surface area (Å²) in [7, 11) is 0. The molecule has 40 heavy (non-hydrogen) atoms. The number of anilines is 4. The molecule has 2 saturated heterocycles. The normalized spacial score (nSPS) is 25.5. The van der Waals surface area contributed by atoms with Crippen molar-refractivity contribution >= 4 is 41.0 Å². The summed E-state index contributed by atoms with van der Waals surface area (Å²) >= 11 is 1.32. The van der Waals surface area contributed by atoms with E-state index in [4.69, 9.17) is 5.11 Å². The summed E-state index contributed by atoms with van der Waals surface area (Å²) < 4.78 is 58.2. The van der Waals surface area contributed by atoms with Gasteiger partial charge in [-0.15, -0.1) is 0 Å². The fraction of sp³-hybridized carbons (Fsp3) is 0.593. The zero-order valence-electron chi connectivity index (χ0n) is 22.5. The average Bonchev–Trinajstić information content (AvgIpc) is 3.53. The van der Waals surface area contributed by atoms with Gasteiger partial charge in [-0.25, -0.2) is 22.5 Å². The minimum Gasteiger partial charge on any atom is -0.395 e. The van der Waals surface area contributed by atoms with Crippen molar-refractivity contribution in [2.45, 2.75) is 45.5 Å². The quantitative estimate of drug-likeness (QED) is 0.215. The van der Waals surface area contributed by atoms with Crippen molar-refractivity contribution in [3.8, 4) is 0 Å². The second kappa shape index (κ2) is 11.2. The summed E-state index contributed by atoms with van der Waals surface area (Å²) in [5.41, 5.74) is 1.35. The number of rotatable bonds is 9. The van der Waals surface area contributed by atoms with Crippen molar-refractivity contribution in [3.05, 3.63) is 35.5 Å². The molecule has 3 aliphatic rings. The molecule has 218 valence electrons. The first-order valence-electron chi connectivity index (χ1n) is 13.5. The topological polar surface area (TPSA) is 93.6 Å². The van der Waals surface area contributed by atoms with Gasteiger partial charge in [0.2, 0.25) is 12.4 Å². The first kappa shape index (κ1) is 28.7. The van der Waals surface area contributed by atoms with E-state index in [9.17, 15) is 22.4 Å². The lowest BCUT2D eigenvalue weighted by atomic mass is 9.94. The third-order valence-corrected chi connectivity index (χ3v) is 9.27. The van der Waals surface area contributed by atoms with Crippen LogP contribution in [0.4, 0.5) is 40.7 Å². The fourth-order valence-electron chi connectivity index (χ4n) is 6.05. The Morgan fingerprint density at radius 2 is 1.88 bits per heavy atom. The van der Waals surface area contributed by atoms with E-state index in [2.05, 4.69) is 20.0 Å². The predicted molar refractivity (Wildman–Crippen MR) is 149 cm³/mol. The van der Waals surface area contributed by atoms with Gasteiger partial charge in [-0.2, -0.15) is 4.98 Å². The van der Waals surface area contributed by atoms with Crippen LogP contribution in [0.3, 0.4) is 0 Å². The van der Waals surface area contributed by atoms with E-state index < -0.39 is 23.7 Å². The molecule has 13 heteroatoms. The van der Waals surface area contributed by atoms with Crippen LogP contribution in [-0.2, 0) is 0 Å². The van der Waals surface area contributed by atoms with E-state index in [0.717, 1.165) is 5.69 Å². The molecule has 2 aliphatic heterocycles. The molecule has 1 saturated carbocycles. The average molecular weight is 583 g/mol. The first-order chi connectivity index (χ1) is 19.0. The molecule has 3 unspecified atom stereocenters. The largest absolute Gasteiger partial charge is 0.395 e. The minimum atomic E-state index is -2.70. The van der Waals surface area contributed by atoms with Crippen LogP contribution in [0.5, 0.6) is 0 Å². The van der Waals surface area contributed by atoms with Gasteiger partial charge in [0.1, 0.15) is 5.82 Å². The first-order valence-corrected chi connectivity index (χ1v) is 14.5. The minimum absolute atomic E-state index is 0.00656. The van der Waals surface area contributed by atoms with Crippen LogP contribution in [0.15, 0.2) is 24.3 Å². The maximum atomic E-state index is 13.9. The number of aliphatic hydroxyl groups is 1. The van der Waals surface area contributed by atoms with Gasteiger partial charge in [-0.3, -0.25) is 4.79 Å². The molecular formula is C27H34F4N6O2S. The number of piperidine rings is 2. The van der Waals surface area contributed by atoms with Gasteiger partial charge in [-0.1, -0.05) is 18.9 Å². The monoisotopic (exact) mass is 582 g/mol. The van der Waals surface area contributed by atoms with Crippen LogP contribution < -0.4 is 19.8 Å². The molecule has 3 N–H and O–H groups in total. The van der Waals surface area contributed by atoms with Crippen molar-refractivity contribution in [2.75, 3.05) is 58.4 Å². The van der Waals surface area contributed by atoms with Crippen molar-refractivity contribution < 1.29 is 27.5 Å². The molecular weight excluding hydrogens is 548 g/mol. The highest BCUT2D eigenvalue weighted by Gasteiger charge is 2.68. The van der Waals surface area contributed by atoms with Crippen LogP contribution in [0.1, 0.15) is 42.2 Å². The Kier molecular flexibility index (Phi) is 8.06. The molecule has 1 aromatic heterocycles. The highest BCUT2D eigenvalue weighted by atomic mass is 32.2. The molecule has 5 rings (SSSR count). The third-order valence-electron chi connectivity index (χ3n) is 8.50. The number of alkyl halides is 4. The van der Waals surface area contributed by atoms with Gasteiger partial charge in [0.15, 0.2) is 0 Å². The molecule has 1 aromatic carbocycles. The van der Waals surface area contributed by atoms with Gasteiger partial charge in [0, 0.05) is 67.6 Å². The Morgan fingerprint density at radius 3 is 2.55 bits per heavy atom. The maximum Gasteiger partial charge on any atom is 0.258 e. The van der Waals surface area contributed by atoms with E-state index in [-0.39, 0.29) is 56.1 Å². The van der Waals surface area contributed by atoms with Crippen molar-refractivity contribution in [1.29, 1.82) is 0 Å². The molecule has 0 radical (unpaired) electrons. The summed E-state index contributed by atoms with van der Waals surface area (Å²) in [6.45, 7) is 4.68. The number of carbonyl (C=O) groups is 1. The Hall–Kier alpha value is -2.80. The number of nitrogens with zero attached hydrogens (tertiary/aromatic N) is 4. The highest BCUT2D eigenvalue weighted by molar-refractivity contribution is 8.00. The molecule has 1 amide bonds. The number of nitrogens with one attached hydrogen (secondary N) is 2. The molecule has 8 nitrogen and oxygen atoms in total. The van der Waals surface area contributed by atoms with E-state index >= 15 is 0 Å². The van der Waals surface area contributed by atoms with Gasteiger partial charge >= 0.3 is 0 Å². The number of carbonyl (C=O) groups excluding carboxylic acids is 1. The molecule has 3 fully saturated rings. The Bertz CT molecular complexity index is 1240. The number of halogens is 4. The molecule has 0 bridgehead atoms. The van der Waals surface area contributed by atoms with Crippen molar-refractivity contribution in [1.82, 2.24) is 9.97 Å². The highest BCUT2D eigenvalue weighted by Crippen LogP contribution is 2.66. The van der Waals surface area contributed by atoms with E-state index in [1.54, 1.807) is 30.0 Å². The van der Waals surface area contributed by atoms with Gasteiger partial charge in [0.25, 0.3) is 11.8 Å². The molecule has 3 atom stereocenters. The van der Waals surface area contributed by atoms with Crippen molar-refractivity contribution in [2.24, 2.45) is 17.3 Å². The van der Waals surface area contributed by atoms with Crippen LogP contribution in [0.25, 0.3) is 0 Å². The van der Waals surface area contributed by atoms with Crippen LogP contribution in [0, 0.1) is 24.2 Å². The Labute approximate surface area is 235 Å². The SMILES string of the molecule is Cc1cc(NC(=O)c2ccc(NSCCO)cc2N2CCC3(C(F)F)C(C)C3C2)nc(N2CCC(F)(F)CC2)n1. The van der Waals surface area contributed by atoms with Gasteiger partial charge < -0.3 is 24.9 Å². The second-order valence-corrected chi connectivity index (χ2v) is 11.8. The van der Waals surface area contributed by atoms with Crippen LogP contribution in [-0.4, -0.2) is 71.9 Å². The van der Waals surface area contributed by atoms with E-state index in [1.807, 2.05) is 17.9 Å². The molecule has 0 spiro atoms. The number of hydrogen-bond donors (Lipinski definition) is 3. The van der Waals surface area contributed by atoms with E-state index in [1.165, 1.54) is 11.9 Å². The lowest BCUT2D eigenvalue weighted by Gasteiger charge is -2.34. The Morgan fingerprint density at radius 1 is 1.15 bits per heavy atom. The van der Waals surface area contributed by atoms with Gasteiger partial charge in [-0.05, 0) is 43.4 Å². The molecule has 2 aromatic rings. The molecule has 3 heterocycles. The number of benzene rings is 1. The van der Waals surface area contributed by atoms with E-state index in [0.29, 0.717) is 42.2 Å². The number of fused-ring (bicyclic) bond motifs is 1. The number of aromatic nitrogens is 2. The zero-order valence-corrected chi connectivity index (χ0v) is 23.3. The van der Waals surface area contributed by atoms with Crippen LogP contribution in [0.2, 0.25) is 0 Å². The molecule has 1 aliphatic carbocycles. The predicted octanol–water partition coefficient (Wildman–Crippen LogP) is 5.05. The van der Waals surface area contributed by atoms with Crippen molar-refractivity contribution in [3.63, 3.8) is 0 Å².